The molecule has 0 aliphatic carbocycles. The Bertz CT molecular complexity index is 1290. The minimum atomic E-state index is -4.54. The van der Waals surface area contributed by atoms with Crippen LogP contribution in [-0.4, -0.2) is 73.0 Å². The maximum atomic E-state index is 13.5. The van der Waals surface area contributed by atoms with Gasteiger partial charge in [0, 0.05) is 50.2 Å². The lowest BCUT2D eigenvalue weighted by Gasteiger charge is -2.23. The summed E-state index contributed by atoms with van der Waals surface area (Å²) in [6.45, 7) is 4.60. The third-order valence-corrected chi connectivity index (χ3v) is 7.18. The lowest BCUT2D eigenvalue weighted by Crippen LogP contribution is -2.51. The van der Waals surface area contributed by atoms with Gasteiger partial charge in [-0.05, 0) is 49.6 Å². The minimum absolute atomic E-state index is 0.0320. The van der Waals surface area contributed by atoms with Crippen molar-refractivity contribution in [2.45, 2.75) is 57.0 Å². The number of hydrogen-bond donors (Lipinski definition) is 6. The summed E-state index contributed by atoms with van der Waals surface area (Å²) >= 11 is 0. The summed E-state index contributed by atoms with van der Waals surface area (Å²) in [5, 5.41) is 15.8. The molecular formula is C28H38BF3N6O5. The van der Waals surface area contributed by atoms with Crippen molar-refractivity contribution in [1.82, 2.24) is 10.2 Å². The van der Waals surface area contributed by atoms with E-state index < -0.39 is 48.4 Å². The number of amides is 3. The molecule has 1 heterocycles. The molecule has 2 aromatic carbocycles. The van der Waals surface area contributed by atoms with E-state index in [1.165, 1.54) is 17.0 Å². The number of carbonyl (C=O) groups is 3. The molecule has 0 bridgehead atoms. The number of anilines is 1. The standard InChI is InChI=1S/C28H38BF3N6O5/c1-27(2)19-4-3-5-21(24(19)29(42)43-27)36-26(41)22(16-17-6-8-18(9-7-17)28(30,31)32)37-25(40)20(35)10-11-23(39)38(14-12-33)15-13-34/h3-9,20,22,42H,10-16,33-35H2,1-2H3,(H,36,41)(H,37,40). The second kappa shape index (κ2) is 14.3. The number of hydrogen-bond acceptors (Lipinski definition) is 8. The van der Waals surface area contributed by atoms with E-state index in [-0.39, 0.29) is 43.9 Å². The molecule has 0 fully saturated rings. The highest BCUT2D eigenvalue weighted by atomic mass is 19.4. The third kappa shape index (κ3) is 8.77. The van der Waals surface area contributed by atoms with Crippen LogP contribution in [0.1, 0.15) is 43.4 Å². The number of nitrogens with one attached hydrogen (secondary N) is 2. The molecule has 0 saturated carbocycles. The molecule has 11 nitrogen and oxygen atoms in total. The molecule has 1 aliphatic rings. The van der Waals surface area contributed by atoms with Crippen molar-refractivity contribution in [2.75, 3.05) is 31.5 Å². The smallest absolute Gasteiger partial charge is 0.423 e. The van der Waals surface area contributed by atoms with Crippen LogP contribution in [0.3, 0.4) is 0 Å². The van der Waals surface area contributed by atoms with Crippen molar-refractivity contribution in [3.63, 3.8) is 0 Å². The molecule has 0 aromatic heterocycles. The second-order valence-electron chi connectivity index (χ2n) is 10.8. The molecule has 15 heteroatoms. The van der Waals surface area contributed by atoms with Crippen molar-refractivity contribution < 1.29 is 37.2 Å². The van der Waals surface area contributed by atoms with Crippen LogP contribution < -0.4 is 33.3 Å². The number of fused-ring (bicyclic) bond motifs is 1. The van der Waals surface area contributed by atoms with E-state index in [0.29, 0.717) is 29.7 Å². The molecule has 3 rings (SSSR count). The Hall–Kier alpha value is -3.50. The Morgan fingerprint density at radius 3 is 2.26 bits per heavy atom. The summed E-state index contributed by atoms with van der Waals surface area (Å²) in [5.41, 5.74) is 17.1. The van der Waals surface area contributed by atoms with Crippen molar-refractivity contribution in [3.8, 4) is 0 Å². The largest absolute Gasteiger partial charge is 0.494 e. The Labute approximate surface area is 248 Å². The lowest BCUT2D eigenvalue weighted by atomic mass is 9.77. The summed E-state index contributed by atoms with van der Waals surface area (Å²) in [6, 6.07) is 6.78. The normalized spacial score (nSPS) is 15.4. The van der Waals surface area contributed by atoms with E-state index in [1.54, 1.807) is 32.0 Å². The zero-order valence-electron chi connectivity index (χ0n) is 24.1. The minimum Gasteiger partial charge on any atom is -0.423 e. The number of carbonyl (C=O) groups excluding carboxylic acids is 3. The molecule has 9 N–H and O–H groups in total. The van der Waals surface area contributed by atoms with Gasteiger partial charge in [-0.25, -0.2) is 0 Å². The molecule has 2 unspecified atom stereocenters. The molecular weight excluding hydrogens is 568 g/mol. The van der Waals surface area contributed by atoms with Crippen LogP contribution in [0.2, 0.25) is 0 Å². The number of nitrogens with two attached hydrogens (primary N) is 3. The van der Waals surface area contributed by atoms with E-state index in [2.05, 4.69) is 10.6 Å². The zero-order chi connectivity index (χ0) is 31.9. The molecule has 0 saturated heterocycles. The number of benzene rings is 2. The van der Waals surface area contributed by atoms with Crippen LogP contribution in [0, 0.1) is 0 Å². The van der Waals surface area contributed by atoms with Crippen LogP contribution >= 0.6 is 0 Å². The number of rotatable bonds is 13. The molecule has 3 amide bonds. The van der Waals surface area contributed by atoms with Crippen molar-refractivity contribution in [1.29, 1.82) is 0 Å². The summed E-state index contributed by atoms with van der Waals surface area (Å²) in [6.07, 6.45) is -4.80. The second-order valence-corrected chi connectivity index (χ2v) is 10.8. The fourth-order valence-electron chi connectivity index (χ4n) is 4.88. The van der Waals surface area contributed by atoms with Gasteiger partial charge in [-0.3, -0.25) is 14.4 Å². The van der Waals surface area contributed by atoms with E-state index in [9.17, 15) is 32.6 Å². The van der Waals surface area contributed by atoms with Crippen molar-refractivity contribution >= 4 is 36.0 Å². The highest BCUT2D eigenvalue weighted by molar-refractivity contribution is 6.64. The van der Waals surface area contributed by atoms with Gasteiger partial charge in [0.1, 0.15) is 6.04 Å². The zero-order valence-corrected chi connectivity index (χ0v) is 24.1. The number of alkyl halides is 3. The monoisotopic (exact) mass is 606 g/mol. The SMILES string of the molecule is CC1(C)OB(O)c2c(NC(=O)C(Cc3ccc(C(F)(F)F)cc3)NC(=O)C(N)CCC(=O)N(CCN)CCN)cccc21. The summed E-state index contributed by atoms with van der Waals surface area (Å²) in [5.74, 6) is -1.70. The Morgan fingerprint density at radius 1 is 1.05 bits per heavy atom. The Kier molecular flexibility index (Phi) is 11.3. The lowest BCUT2D eigenvalue weighted by molar-refractivity contribution is -0.137. The average Bonchev–Trinajstić information content (AvgIpc) is 3.19. The summed E-state index contributed by atoms with van der Waals surface area (Å²) in [7, 11) is -1.31. The highest BCUT2D eigenvalue weighted by Crippen LogP contribution is 2.32. The van der Waals surface area contributed by atoms with Gasteiger partial charge in [0.2, 0.25) is 17.7 Å². The summed E-state index contributed by atoms with van der Waals surface area (Å²) in [4.78, 5) is 40.6. The van der Waals surface area contributed by atoms with Crippen molar-refractivity contribution in [3.05, 3.63) is 59.2 Å². The van der Waals surface area contributed by atoms with Gasteiger partial charge in [0.05, 0.1) is 17.2 Å². The first-order chi connectivity index (χ1) is 20.2. The molecule has 43 heavy (non-hydrogen) atoms. The molecule has 0 radical (unpaired) electrons. The van der Waals surface area contributed by atoms with Crippen molar-refractivity contribution in [2.24, 2.45) is 17.2 Å². The van der Waals surface area contributed by atoms with Gasteiger partial charge in [-0.1, -0.05) is 24.3 Å². The predicted molar refractivity (Wildman–Crippen MR) is 156 cm³/mol. The first-order valence-electron chi connectivity index (χ1n) is 13.9. The first-order valence-corrected chi connectivity index (χ1v) is 13.9. The van der Waals surface area contributed by atoms with Gasteiger partial charge in [0.15, 0.2) is 0 Å². The van der Waals surface area contributed by atoms with E-state index in [1.807, 2.05) is 0 Å². The third-order valence-electron chi connectivity index (χ3n) is 7.18. The quantitative estimate of drug-likeness (QED) is 0.174. The molecule has 2 aromatic rings. The Morgan fingerprint density at radius 2 is 1.67 bits per heavy atom. The maximum absolute atomic E-state index is 13.5. The van der Waals surface area contributed by atoms with Crippen LogP contribution in [0.4, 0.5) is 18.9 Å². The van der Waals surface area contributed by atoms with Gasteiger partial charge in [0.25, 0.3) is 0 Å². The molecule has 234 valence electrons. The predicted octanol–water partition coefficient (Wildman–Crippen LogP) is 0.178. The van der Waals surface area contributed by atoms with Crippen LogP contribution in [0.15, 0.2) is 42.5 Å². The van der Waals surface area contributed by atoms with Gasteiger partial charge >= 0.3 is 13.3 Å². The maximum Gasteiger partial charge on any atom is 0.494 e. The first kappa shape index (κ1) is 34.0. The van der Waals surface area contributed by atoms with Gasteiger partial charge < -0.3 is 42.4 Å². The summed E-state index contributed by atoms with van der Waals surface area (Å²) < 4.78 is 44.8. The fourth-order valence-corrected chi connectivity index (χ4v) is 4.88. The van der Waals surface area contributed by atoms with E-state index in [0.717, 1.165) is 12.1 Å². The number of halogens is 3. The van der Waals surface area contributed by atoms with E-state index >= 15 is 0 Å². The highest BCUT2D eigenvalue weighted by Gasteiger charge is 2.42. The Balaban J connectivity index is 1.79. The topological polar surface area (TPSA) is 186 Å². The van der Waals surface area contributed by atoms with Gasteiger partial charge in [-0.15, -0.1) is 0 Å². The fraction of sp³-hybridized carbons (Fsp3) is 0.464. The molecule has 1 aliphatic heterocycles. The number of nitrogens with zero attached hydrogens (tertiary/aromatic N) is 1. The van der Waals surface area contributed by atoms with E-state index in [4.69, 9.17) is 21.9 Å². The van der Waals surface area contributed by atoms with Crippen LogP contribution in [0.25, 0.3) is 0 Å². The molecule has 0 spiro atoms. The molecule has 2 atom stereocenters. The average molecular weight is 606 g/mol. The van der Waals surface area contributed by atoms with Gasteiger partial charge in [-0.2, -0.15) is 13.2 Å². The van der Waals surface area contributed by atoms with Crippen LogP contribution in [-0.2, 0) is 37.2 Å². The van der Waals surface area contributed by atoms with Crippen LogP contribution in [0.5, 0.6) is 0 Å².